The number of anilines is 1. The topological polar surface area (TPSA) is 90.0 Å². The van der Waals surface area contributed by atoms with Gasteiger partial charge in [0.05, 0.1) is 23.3 Å². The maximum atomic E-state index is 12.5. The van der Waals surface area contributed by atoms with Gasteiger partial charge in [-0.05, 0) is 48.0 Å². The lowest BCUT2D eigenvalue weighted by molar-refractivity contribution is -0.113. The normalized spacial score (nSPS) is 10.9. The second kappa shape index (κ2) is 9.24. The molecular weight excluding hydrogens is 432 g/mol. The summed E-state index contributed by atoms with van der Waals surface area (Å²) in [5.74, 6) is -0.498. The molecule has 156 valence electrons. The number of amides is 2. The maximum Gasteiger partial charge on any atom is 0.248 e. The van der Waals surface area contributed by atoms with E-state index in [1.165, 1.54) is 11.8 Å². The van der Waals surface area contributed by atoms with Gasteiger partial charge in [0.1, 0.15) is 0 Å². The molecule has 4 aromatic rings. The quantitative estimate of drug-likeness (QED) is 0.403. The van der Waals surface area contributed by atoms with Gasteiger partial charge in [0.2, 0.25) is 11.8 Å². The van der Waals surface area contributed by atoms with E-state index in [1.54, 1.807) is 24.3 Å². The monoisotopic (exact) mass is 450 g/mol. The van der Waals surface area contributed by atoms with E-state index in [0.717, 1.165) is 21.8 Å². The Morgan fingerprint density at radius 2 is 1.77 bits per heavy atom. The van der Waals surface area contributed by atoms with Crippen molar-refractivity contribution in [1.29, 1.82) is 0 Å². The Bertz CT molecular complexity index is 1240. The van der Waals surface area contributed by atoms with Gasteiger partial charge in [-0.25, -0.2) is 4.98 Å². The third-order valence-corrected chi connectivity index (χ3v) is 5.86. The van der Waals surface area contributed by atoms with Gasteiger partial charge >= 0.3 is 0 Å². The van der Waals surface area contributed by atoms with Crippen molar-refractivity contribution in [2.75, 3.05) is 11.1 Å². The van der Waals surface area contributed by atoms with Crippen LogP contribution in [0.1, 0.15) is 15.9 Å². The molecule has 0 saturated carbocycles. The van der Waals surface area contributed by atoms with Crippen molar-refractivity contribution in [3.63, 3.8) is 0 Å². The lowest BCUT2D eigenvalue weighted by atomic mass is 10.2. The zero-order chi connectivity index (χ0) is 21.8. The van der Waals surface area contributed by atoms with E-state index in [9.17, 15) is 9.59 Å². The highest BCUT2D eigenvalue weighted by Crippen LogP contribution is 2.27. The summed E-state index contributed by atoms with van der Waals surface area (Å²) < 4.78 is 2.08. The minimum absolute atomic E-state index is 0.173. The summed E-state index contributed by atoms with van der Waals surface area (Å²) in [6, 6.07) is 22.1. The first-order valence-corrected chi connectivity index (χ1v) is 10.9. The summed E-state index contributed by atoms with van der Waals surface area (Å²) in [5, 5.41) is 4.17. The van der Waals surface area contributed by atoms with Crippen LogP contribution in [-0.4, -0.2) is 27.1 Å². The Morgan fingerprint density at radius 3 is 2.48 bits per heavy atom. The fourth-order valence-electron chi connectivity index (χ4n) is 3.15. The average molecular weight is 451 g/mol. The van der Waals surface area contributed by atoms with Crippen LogP contribution in [0.2, 0.25) is 5.02 Å². The fraction of sp³-hybridized carbons (Fsp3) is 0.0870. The number of carbonyl (C=O) groups excluding carboxylic acids is 2. The number of hydrogen-bond donors (Lipinski definition) is 2. The van der Waals surface area contributed by atoms with E-state index in [-0.39, 0.29) is 11.7 Å². The van der Waals surface area contributed by atoms with E-state index in [0.29, 0.717) is 22.8 Å². The molecule has 8 heteroatoms. The third-order valence-electron chi connectivity index (χ3n) is 4.64. The number of halogens is 1. The van der Waals surface area contributed by atoms with E-state index in [1.807, 2.05) is 36.4 Å². The summed E-state index contributed by atoms with van der Waals surface area (Å²) in [6.07, 6.45) is 0. The number of rotatable bonds is 7. The maximum absolute atomic E-state index is 12.5. The van der Waals surface area contributed by atoms with Crippen LogP contribution in [0.5, 0.6) is 0 Å². The van der Waals surface area contributed by atoms with Crippen molar-refractivity contribution in [2.24, 2.45) is 5.73 Å². The van der Waals surface area contributed by atoms with E-state index in [2.05, 4.69) is 27.0 Å². The molecule has 0 bridgehead atoms. The van der Waals surface area contributed by atoms with Crippen molar-refractivity contribution in [2.45, 2.75) is 11.7 Å². The SMILES string of the molecule is NC(=O)c1ccc(NC(=O)CSc2nc3cc(Cl)ccc3n2Cc2ccccc2)cc1. The summed E-state index contributed by atoms with van der Waals surface area (Å²) in [5.41, 5.74) is 9.11. The van der Waals surface area contributed by atoms with E-state index >= 15 is 0 Å². The summed E-state index contributed by atoms with van der Waals surface area (Å²) in [7, 11) is 0. The number of benzene rings is 3. The first kappa shape index (κ1) is 21.0. The van der Waals surface area contributed by atoms with Crippen molar-refractivity contribution in [3.8, 4) is 0 Å². The minimum Gasteiger partial charge on any atom is -0.366 e. The zero-order valence-corrected chi connectivity index (χ0v) is 18.0. The molecule has 2 amide bonds. The van der Waals surface area contributed by atoms with Crippen LogP contribution in [0.15, 0.2) is 78.0 Å². The predicted octanol–water partition coefficient (Wildman–Crippen LogP) is 4.57. The van der Waals surface area contributed by atoms with Crippen LogP contribution in [0.4, 0.5) is 5.69 Å². The fourth-order valence-corrected chi connectivity index (χ4v) is 4.14. The van der Waals surface area contributed by atoms with Gasteiger partial charge in [0, 0.05) is 16.3 Å². The average Bonchev–Trinajstić information content (AvgIpc) is 3.09. The largest absolute Gasteiger partial charge is 0.366 e. The van der Waals surface area contributed by atoms with E-state index in [4.69, 9.17) is 17.3 Å². The number of fused-ring (bicyclic) bond motifs is 1. The molecule has 0 atom stereocenters. The molecule has 1 aromatic heterocycles. The molecule has 0 aliphatic heterocycles. The van der Waals surface area contributed by atoms with Crippen LogP contribution in [0.25, 0.3) is 11.0 Å². The molecule has 3 aromatic carbocycles. The molecule has 0 saturated heterocycles. The van der Waals surface area contributed by atoms with Gasteiger partial charge in [-0.2, -0.15) is 0 Å². The number of nitrogens with zero attached hydrogens (tertiary/aromatic N) is 2. The summed E-state index contributed by atoms with van der Waals surface area (Å²) >= 11 is 7.50. The number of aromatic nitrogens is 2. The second-order valence-corrected chi connectivity index (χ2v) is 8.26. The van der Waals surface area contributed by atoms with Gasteiger partial charge < -0.3 is 15.6 Å². The first-order valence-electron chi connectivity index (χ1n) is 9.52. The number of carbonyl (C=O) groups is 2. The number of imidazole rings is 1. The zero-order valence-electron chi connectivity index (χ0n) is 16.4. The number of thioether (sulfide) groups is 1. The number of hydrogen-bond acceptors (Lipinski definition) is 4. The highest BCUT2D eigenvalue weighted by molar-refractivity contribution is 7.99. The molecule has 4 rings (SSSR count). The molecule has 0 radical (unpaired) electrons. The van der Waals surface area contributed by atoms with Crippen LogP contribution < -0.4 is 11.1 Å². The van der Waals surface area contributed by atoms with Crippen LogP contribution in [-0.2, 0) is 11.3 Å². The number of primary amides is 1. The molecule has 3 N–H and O–H groups in total. The molecule has 0 aliphatic rings. The van der Waals surface area contributed by atoms with Crippen molar-refractivity contribution >= 4 is 51.9 Å². The van der Waals surface area contributed by atoms with Gasteiger partial charge in [-0.3, -0.25) is 9.59 Å². The molecular formula is C23H19ClN4O2S. The number of nitrogens with one attached hydrogen (secondary N) is 1. The first-order chi connectivity index (χ1) is 15.0. The second-order valence-electron chi connectivity index (χ2n) is 6.88. The summed E-state index contributed by atoms with van der Waals surface area (Å²) in [4.78, 5) is 28.3. The minimum atomic E-state index is -0.508. The molecule has 0 spiro atoms. The molecule has 6 nitrogen and oxygen atoms in total. The van der Waals surface area contributed by atoms with Gasteiger partial charge in [0.15, 0.2) is 5.16 Å². The van der Waals surface area contributed by atoms with Crippen LogP contribution in [0, 0.1) is 0 Å². The van der Waals surface area contributed by atoms with Crippen molar-refractivity contribution < 1.29 is 9.59 Å². The molecule has 0 unspecified atom stereocenters. The number of nitrogens with two attached hydrogens (primary N) is 1. The lowest BCUT2D eigenvalue weighted by Gasteiger charge is -2.10. The Labute approximate surface area is 188 Å². The van der Waals surface area contributed by atoms with Crippen LogP contribution >= 0.6 is 23.4 Å². The van der Waals surface area contributed by atoms with Gasteiger partial charge in [0.25, 0.3) is 0 Å². The lowest BCUT2D eigenvalue weighted by Crippen LogP contribution is -2.15. The summed E-state index contributed by atoms with van der Waals surface area (Å²) in [6.45, 7) is 0.636. The molecule has 0 fully saturated rings. The standard InChI is InChI=1S/C23H19ClN4O2S/c24-17-8-11-20-19(12-17)27-23(28(20)13-15-4-2-1-3-5-15)31-14-21(29)26-18-9-6-16(7-10-18)22(25)30/h1-12H,13-14H2,(H2,25,30)(H,26,29). The highest BCUT2D eigenvalue weighted by Gasteiger charge is 2.14. The molecule has 31 heavy (non-hydrogen) atoms. The Kier molecular flexibility index (Phi) is 6.25. The van der Waals surface area contributed by atoms with E-state index < -0.39 is 5.91 Å². The predicted molar refractivity (Wildman–Crippen MR) is 125 cm³/mol. The van der Waals surface area contributed by atoms with Crippen LogP contribution in [0.3, 0.4) is 0 Å². The third kappa shape index (κ3) is 5.07. The van der Waals surface area contributed by atoms with Crippen molar-refractivity contribution in [1.82, 2.24) is 9.55 Å². The molecule has 0 aliphatic carbocycles. The smallest absolute Gasteiger partial charge is 0.248 e. The Balaban J connectivity index is 1.51. The van der Waals surface area contributed by atoms with Crippen molar-refractivity contribution in [3.05, 3.63) is 88.9 Å². The Hall–Kier alpha value is -3.29. The highest BCUT2D eigenvalue weighted by atomic mass is 35.5. The van der Waals surface area contributed by atoms with Gasteiger partial charge in [-0.15, -0.1) is 0 Å². The molecule has 1 heterocycles. The van der Waals surface area contributed by atoms with Gasteiger partial charge in [-0.1, -0.05) is 53.7 Å². The Morgan fingerprint density at radius 1 is 1.03 bits per heavy atom.